The molecule has 1 N–H and O–H groups in total. The van der Waals surface area contributed by atoms with Crippen molar-refractivity contribution in [1.82, 2.24) is 9.62 Å². The molecule has 18 heavy (non-hydrogen) atoms. The van der Waals surface area contributed by atoms with E-state index in [4.69, 9.17) is 4.74 Å². The Balaban J connectivity index is 2.27. The molecule has 108 valence electrons. The molecule has 0 aromatic carbocycles. The molecule has 1 saturated heterocycles. The van der Waals surface area contributed by atoms with Gasteiger partial charge in [0.1, 0.15) is 0 Å². The van der Waals surface area contributed by atoms with E-state index in [1.165, 1.54) is 10.6 Å². The quantitative estimate of drug-likeness (QED) is 0.756. The Kier molecular flexibility index (Phi) is 5.58. The Morgan fingerprint density at radius 3 is 2.61 bits per heavy atom. The lowest BCUT2D eigenvalue weighted by Crippen LogP contribution is -2.45. The van der Waals surface area contributed by atoms with Gasteiger partial charge in [0, 0.05) is 18.6 Å². The third-order valence-electron chi connectivity index (χ3n) is 2.93. The molecule has 1 rings (SSSR count). The Morgan fingerprint density at radius 2 is 2.06 bits per heavy atom. The number of hydrogen-bond donors (Lipinski definition) is 1. The standard InChI is InChI=1S/C12H26N2O3S/c1-12(2,3)13-7-5-6-11-10-14(8-9-17-11)18(4,15)16/h11,13H,5-10H2,1-4H3. The van der Waals surface area contributed by atoms with Crippen molar-refractivity contribution >= 4 is 10.0 Å². The summed E-state index contributed by atoms with van der Waals surface area (Å²) in [5, 5.41) is 3.42. The molecular weight excluding hydrogens is 252 g/mol. The fourth-order valence-corrected chi connectivity index (χ4v) is 2.80. The van der Waals surface area contributed by atoms with Crippen LogP contribution < -0.4 is 5.32 Å². The number of nitrogens with zero attached hydrogens (tertiary/aromatic N) is 1. The summed E-state index contributed by atoms with van der Waals surface area (Å²) in [7, 11) is -3.07. The van der Waals surface area contributed by atoms with E-state index in [9.17, 15) is 8.42 Å². The highest BCUT2D eigenvalue weighted by atomic mass is 32.2. The highest BCUT2D eigenvalue weighted by Crippen LogP contribution is 2.13. The first-order valence-corrected chi connectivity index (χ1v) is 8.35. The molecule has 5 nitrogen and oxygen atoms in total. The Morgan fingerprint density at radius 1 is 1.39 bits per heavy atom. The SMILES string of the molecule is CC(C)(C)NCCCC1CN(S(C)(=O)=O)CCO1. The van der Waals surface area contributed by atoms with Gasteiger partial charge in [-0.1, -0.05) is 0 Å². The molecule has 0 aliphatic carbocycles. The van der Waals surface area contributed by atoms with Crippen molar-refractivity contribution in [2.24, 2.45) is 0 Å². The molecule has 0 bridgehead atoms. The van der Waals surface area contributed by atoms with Crippen molar-refractivity contribution in [3.63, 3.8) is 0 Å². The number of sulfonamides is 1. The van der Waals surface area contributed by atoms with Crippen LogP contribution in [-0.2, 0) is 14.8 Å². The van der Waals surface area contributed by atoms with Gasteiger partial charge in [-0.05, 0) is 40.2 Å². The summed E-state index contributed by atoms with van der Waals surface area (Å²) >= 11 is 0. The molecule has 0 radical (unpaired) electrons. The van der Waals surface area contributed by atoms with E-state index in [1.807, 2.05) is 0 Å². The van der Waals surface area contributed by atoms with Gasteiger partial charge in [-0.3, -0.25) is 0 Å². The third kappa shape index (κ3) is 6.13. The summed E-state index contributed by atoms with van der Waals surface area (Å²) in [5.74, 6) is 0. The molecule has 1 atom stereocenters. The number of hydrogen-bond acceptors (Lipinski definition) is 4. The highest BCUT2D eigenvalue weighted by molar-refractivity contribution is 7.88. The van der Waals surface area contributed by atoms with Crippen LogP contribution >= 0.6 is 0 Å². The third-order valence-corrected chi connectivity index (χ3v) is 4.20. The average molecular weight is 278 g/mol. The van der Waals surface area contributed by atoms with E-state index >= 15 is 0 Å². The summed E-state index contributed by atoms with van der Waals surface area (Å²) in [5.41, 5.74) is 0.131. The highest BCUT2D eigenvalue weighted by Gasteiger charge is 2.26. The molecule has 0 aromatic rings. The minimum atomic E-state index is -3.07. The van der Waals surface area contributed by atoms with Crippen molar-refractivity contribution in [1.29, 1.82) is 0 Å². The predicted octanol–water partition coefficient (Wildman–Crippen LogP) is 0.815. The van der Waals surface area contributed by atoms with Gasteiger partial charge in [0.2, 0.25) is 10.0 Å². The maximum atomic E-state index is 11.5. The van der Waals surface area contributed by atoms with E-state index in [1.54, 1.807) is 0 Å². The minimum absolute atomic E-state index is 0.0373. The molecule has 1 aliphatic rings. The number of ether oxygens (including phenoxy) is 1. The summed E-state index contributed by atoms with van der Waals surface area (Å²) in [6.45, 7) is 8.82. The van der Waals surface area contributed by atoms with Crippen LogP contribution in [0.4, 0.5) is 0 Å². The van der Waals surface area contributed by atoms with Gasteiger partial charge in [0.15, 0.2) is 0 Å². The molecule has 0 aromatic heterocycles. The second-order valence-corrected chi connectivity index (χ2v) is 7.92. The lowest BCUT2D eigenvalue weighted by atomic mass is 10.1. The molecule has 0 saturated carbocycles. The molecule has 1 heterocycles. The number of rotatable bonds is 5. The van der Waals surface area contributed by atoms with Crippen molar-refractivity contribution in [3.05, 3.63) is 0 Å². The summed E-state index contributed by atoms with van der Waals surface area (Å²) in [6, 6.07) is 0. The van der Waals surface area contributed by atoms with Gasteiger partial charge in [-0.25, -0.2) is 8.42 Å². The smallest absolute Gasteiger partial charge is 0.211 e. The zero-order valence-electron chi connectivity index (χ0n) is 11.9. The van der Waals surface area contributed by atoms with Crippen molar-refractivity contribution in [3.8, 4) is 0 Å². The fraction of sp³-hybridized carbons (Fsp3) is 1.00. The van der Waals surface area contributed by atoms with Gasteiger partial charge in [0.05, 0.1) is 19.0 Å². The van der Waals surface area contributed by atoms with Gasteiger partial charge in [-0.15, -0.1) is 0 Å². The fourth-order valence-electron chi connectivity index (χ4n) is 1.96. The lowest BCUT2D eigenvalue weighted by molar-refractivity contribution is -0.00635. The largest absolute Gasteiger partial charge is 0.375 e. The first kappa shape index (κ1) is 15.9. The first-order chi connectivity index (χ1) is 8.18. The van der Waals surface area contributed by atoms with Crippen LogP contribution in [0.5, 0.6) is 0 Å². The summed E-state index contributed by atoms with van der Waals surface area (Å²) < 4.78 is 30.0. The zero-order valence-corrected chi connectivity index (χ0v) is 12.7. The van der Waals surface area contributed by atoms with Crippen molar-refractivity contribution in [2.45, 2.75) is 45.3 Å². The second-order valence-electron chi connectivity index (χ2n) is 5.93. The lowest BCUT2D eigenvalue weighted by Gasteiger charge is -2.31. The van der Waals surface area contributed by atoms with Crippen LogP contribution in [0.25, 0.3) is 0 Å². The summed E-state index contributed by atoms with van der Waals surface area (Å²) in [6.07, 6.45) is 3.20. The molecular formula is C12H26N2O3S. The molecule has 1 fully saturated rings. The van der Waals surface area contributed by atoms with Crippen molar-refractivity contribution < 1.29 is 13.2 Å². The van der Waals surface area contributed by atoms with Crippen LogP contribution in [0.3, 0.4) is 0 Å². The van der Waals surface area contributed by atoms with Gasteiger partial charge < -0.3 is 10.1 Å². The Hall–Kier alpha value is -0.170. The summed E-state index contributed by atoms with van der Waals surface area (Å²) in [4.78, 5) is 0. The van der Waals surface area contributed by atoms with E-state index in [0.717, 1.165) is 19.4 Å². The molecule has 0 amide bonds. The number of morpholine rings is 1. The Bertz CT molecular complexity index is 349. The van der Waals surface area contributed by atoms with Gasteiger partial charge >= 0.3 is 0 Å². The molecule has 0 spiro atoms. The van der Waals surface area contributed by atoms with Crippen LogP contribution in [0.15, 0.2) is 0 Å². The van der Waals surface area contributed by atoms with Crippen LogP contribution in [-0.4, -0.2) is 56.9 Å². The molecule has 1 unspecified atom stereocenters. The van der Waals surface area contributed by atoms with E-state index in [2.05, 4.69) is 26.1 Å². The average Bonchev–Trinajstić information content (AvgIpc) is 2.22. The van der Waals surface area contributed by atoms with Gasteiger partial charge in [0.25, 0.3) is 0 Å². The van der Waals surface area contributed by atoms with Crippen LogP contribution in [0, 0.1) is 0 Å². The minimum Gasteiger partial charge on any atom is -0.375 e. The van der Waals surface area contributed by atoms with Crippen molar-refractivity contribution in [2.75, 3.05) is 32.5 Å². The van der Waals surface area contributed by atoms with E-state index in [-0.39, 0.29) is 11.6 Å². The predicted molar refractivity (Wildman–Crippen MR) is 73.1 cm³/mol. The maximum absolute atomic E-state index is 11.5. The monoisotopic (exact) mass is 278 g/mol. The normalized spacial score (nSPS) is 23.2. The Labute approximate surface area is 111 Å². The van der Waals surface area contributed by atoms with Gasteiger partial charge in [-0.2, -0.15) is 4.31 Å². The first-order valence-electron chi connectivity index (χ1n) is 6.50. The van der Waals surface area contributed by atoms with Crippen LogP contribution in [0.2, 0.25) is 0 Å². The number of nitrogens with one attached hydrogen (secondary N) is 1. The zero-order chi connectivity index (χ0) is 13.8. The topological polar surface area (TPSA) is 58.6 Å². The van der Waals surface area contributed by atoms with E-state index in [0.29, 0.717) is 19.7 Å². The molecule has 1 aliphatic heterocycles. The maximum Gasteiger partial charge on any atom is 0.211 e. The van der Waals surface area contributed by atoms with Crippen LogP contribution in [0.1, 0.15) is 33.6 Å². The second kappa shape index (κ2) is 6.32. The molecule has 6 heteroatoms. The van der Waals surface area contributed by atoms with E-state index < -0.39 is 10.0 Å².